The average molecular weight is 1090 g/mol. The summed E-state index contributed by atoms with van der Waals surface area (Å²) in [6.45, 7) is 4.99. The number of thioether (sulfide) groups is 1. The number of nitrogens with one attached hydrogen (secondary N) is 2. The summed E-state index contributed by atoms with van der Waals surface area (Å²) in [5.74, 6) is -3.26. The number of halogens is 4. The first-order chi connectivity index (χ1) is 35.3. The van der Waals surface area contributed by atoms with Crippen LogP contribution in [0.1, 0.15) is 60.4 Å². The van der Waals surface area contributed by atoms with Crippen molar-refractivity contribution < 1.29 is 59.3 Å². The molecule has 0 spiro atoms. The largest absolute Gasteiger partial charge is 0.534 e. The van der Waals surface area contributed by atoms with Crippen molar-refractivity contribution in [1.29, 1.82) is 0 Å². The Morgan fingerprint density at radius 1 is 0.811 bits per heavy atom. The zero-order valence-corrected chi connectivity index (χ0v) is 42.4. The van der Waals surface area contributed by atoms with Crippen molar-refractivity contribution in [2.75, 3.05) is 11.1 Å². The van der Waals surface area contributed by atoms with E-state index in [0.29, 0.717) is 27.8 Å². The molecule has 2 atom stereocenters. The van der Waals surface area contributed by atoms with Gasteiger partial charge < -0.3 is 23.8 Å². The molecule has 0 saturated carbocycles. The molecule has 6 aromatic rings. The Bertz CT molecular complexity index is 3100. The van der Waals surface area contributed by atoms with Gasteiger partial charge in [0.05, 0.1) is 0 Å². The number of hydrogen-bond acceptors (Lipinski definition) is 14. The zero-order valence-electron chi connectivity index (χ0n) is 39.2. The number of esters is 1. The number of carbonyl (C=O) groups is 4. The number of benzene rings is 5. The fourth-order valence-corrected chi connectivity index (χ4v) is 10.5. The van der Waals surface area contributed by atoms with Gasteiger partial charge >= 0.3 is 27.7 Å². The molecule has 22 heteroatoms. The summed E-state index contributed by atoms with van der Waals surface area (Å²) in [6.07, 6.45) is -0.872. The highest BCUT2D eigenvalue weighted by Gasteiger charge is 2.55. The summed E-state index contributed by atoms with van der Waals surface area (Å²) in [7, 11) is -6.10. The van der Waals surface area contributed by atoms with Crippen LogP contribution in [0.2, 0.25) is 4.34 Å². The summed E-state index contributed by atoms with van der Waals surface area (Å²) in [4.78, 5) is 69.0. The number of aromatic nitrogens is 1. The lowest BCUT2D eigenvalue weighted by molar-refractivity contribution is -0.154. The molecular formula is C52H43ClF3N5O10S3. The predicted molar refractivity (Wildman–Crippen MR) is 272 cm³/mol. The summed E-state index contributed by atoms with van der Waals surface area (Å²) >= 11 is 8.58. The number of alkyl halides is 3. The second-order valence-electron chi connectivity index (χ2n) is 17.2. The zero-order chi connectivity index (χ0) is 52.8. The first kappa shape index (κ1) is 52.9. The van der Waals surface area contributed by atoms with Crippen LogP contribution in [0.3, 0.4) is 0 Å². The minimum atomic E-state index is -6.10. The molecule has 1 aromatic heterocycles. The maximum atomic E-state index is 14.9. The van der Waals surface area contributed by atoms with Gasteiger partial charge in [0.15, 0.2) is 16.9 Å². The maximum absolute atomic E-state index is 14.9. The molecule has 2 N–H and O–H groups in total. The highest BCUT2D eigenvalue weighted by Crippen LogP contribution is 2.44. The fraction of sp³-hybridized carbons (Fsp3) is 0.192. The number of amides is 3. The van der Waals surface area contributed by atoms with Crippen LogP contribution in [-0.4, -0.2) is 76.2 Å². The van der Waals surface area contributed by atoms with Gasteiger partial charge in [-0.05, 0) is 43.5 Å². The summed E-state index contributed by atoms with van der Waals surface area (Å²) in [6, 6.07) is 43.0. The van der Waals surface area contributed by atoms with Crippen molar-refractivity contribution in [2.45, 2.75) is 55.0 Å². The Morgan fingerprint density at radius 2 is 1.31 bits per heavy atom. The minimum absolute atomic E-state index is 0.0841. The molecule has 3 amide bonds. The third-order valence-electron chi connectivity index (χ3n) is 11.1. The van der Waals surface area contributed by atoms with E-state index in [1.165, 1.54) is 0 Å². The molecule has 2 aliphatic heterocycles. The first-order valence-corrected chi connectivity index (χ1v) is 26.0. The lowest BCUT2D eigenvalue weighted by atomic mass is 9.80. The number of allylic oxidation sites excluding steroid dienone is 1. The van der Waals surface area contributed by atoms with E-state index in [9.17, 15) is 40.8 Å². The van der Waals surface area contributed by atoms with E-state index in [0.717, 1.165) is 34.1 Å². The molecular weight excluding hydrogens is 1040 g/mol. The Hall–Kier alpha value is -7.46. The lowest BCUT2D eigenvalue weighted by Gasteiger charge is -2.49. The van der Waals surface area contributed by atoms with Gasteiger partial charge in [-0.25, -0.2) is 14.6 Å². The standard InChI is InChI=1S/C52H43ClF3N5O10S3/c1-50(2,3)70-49(65)59-48-58-38(43(53)73-48)39(60-71-51(35-23-13-6-14-24-35,36-25-15-7-16-26-36)37-27-17-8-18-28-37)44(62)57-40-45(63)61-41(34(31-72-46(40)61)29-30-68-74(66,67)52(54,55)56)47(64)69-42(32-19-9-4-10-20-32)33-21-11-5-12-22-33/h4-30,40,42,46H,31H2,1-3H3,(H,57,62)(H,58,59,65)/b30-29+,60-39?/t40-,46-/m1/s1. The number of rotatable bonds is 16. The van der Waals surface area contributed by atoms with Crippen LogP contribution in [-0.2, 0) is 48.6 Å². The van der Waals surface area contributed by atoms with E-state index >= 15 is 0 Å². The van der Waals surface area contributed by atoms with Gasteiger partial charge in [0.2, 0.25) is 5.60 Å². The van der Waals surface area contributed by atoms with Crippen molar-refractivity contribution in [2.24, 2.45) is 5.16 Å². The molecule has 3 heterocycles. The second-order valence-corrected chi connectivity index (χ2v) is 21.5. The van der Waals surface area contributed by atoms with E-state index in [1.807, 2.05) is 54.6 Å². The van der Waals surface area contributed by atoms with Crippen LogP contribution in [0.4, 0.5) is 23.1 Å². The van der Waals surface area contributed by atoms with Gasteiger partial charge in [-0.2, -0.15) is 21.6 Å². The monoisotopic (exact) mass is 1090 g/mol. The second kappa shape index (κ2) is 21.9. The van der Waals surface area contributed by atoms with E-state index < -0.39 is 79.6 Å². The summed E-state index contributed by atoms with van der Waals surface area (Å²) in [5.41, 5.74) is -6.75. The topological polar surface area (TPSA) is 192 Å². The summed E-state index contributed by atoms with van der Waals surface area (Å²) in [5, 5.41) is 8.57. The van der Waals surface area contributed by atoms with Gasteiger partial charge in [-0.15, -0.1) is 11.8 Å². The van der Waals surface area contributed by atoms with Gasteiger partial charge in [-0.1, -0.05) is 180 Å². The normalized spacial score (nSPS) is 16.3. The highest BCUT2D eigenvalue weighted by atomic mass is 35.5. The number of carbonyl (C=O) groups excluding carboxylic acids is 4. The van der Waals surface area contributed by atoms with Crippen molar-refractivity contribution in [3.05, 3.63) is 213 Å². The Balaban J connectivity index is 1.18. The van der Waals surface area contributed by atoms with Gasteiger partial charge in [0.1, 0.15) is 39.0 Å². The quantitative estimate of drug-likeness (QED) is 0.0136. The number of anilines is 1. The summed E-state index contributed by atoms with van der Waals surface area (Å²) < 4.78 is 78.9. The Kier molecular flexibility index (Phi) is 15.7. The molecule has 2 aliphatic rings. The number of fused-ring (bicyclic) bond motifs is 1. The SMILES string of the molecule is CC(C)(C)OC(=O)Nc1nc(C(=NOC(c2ccccc2)(c2ccccc2)c2ccccc2)C(=O)N[C@@H]2C(=O)N3C(C(=O)OC(c4ccccc4)c4ccccc4)=C(/C=C/OS(=O)(=O)C(F)(F)F)CS[C@H]23)c(Cl)s1. The molecule has 1 fully saturated rings. The van der Waals surface area contributed by atoms with Crippen molar-refractivity contribution in [1.82, 2.24) is 15.2 Å². The van der Waals surface area contributed by atoms with Crippen molar-refractivity contribution in [3.8, 4) is 0 Å². The van der Waals surface area contributed by atoms with Crippen LogP contribution < -0.4 is 10.6 Å². The van der Waals surface area contributed by atoms with Crippen LogP contribution in [0, 0.1) is 0 Å². The fourth-order valence-electron chi connectivity index (χ4n) is 7.83. The third-order valence-corrected chi connectivity index (χ3v) is 14.5. The molecule has 0 unspecified atom stereocenters. The molecule has 5 aromatic carbocycles. The number of oxime groups is 1. The Labute approximate surface area is 436 Å². The third kappa shape index (κ3) is 11.5. The number of nitrogens with zero attached hydrogens (tertiary/aromatic N) is 3. The lowest BCUT2D eigenvalue weighted by Crippen LogP contribution is -2.71. The Morgan fingerprint density at radius 3 is 1.80 bits per heavy atom. The predicted octanol–water partition coefficient (Wildman–Crippen LogP) is 10.2. The van der Waals surface area contributed by atoms with Crippen LogP contribution in [0.5, 0.6) is 0 Å². The molecule has 15 nitrogen and oxygen atoms in total. The average Bonchev–Trinajstić information content (AvgIpc) is 3.74. The van der Waals surface area contributed by atoms with E-state index in [-0.39, 0.29) is 32.7 Å². The van der Waals surface area contributed by atoms with E-state index in [2.05, 4.69) is 25.0 Å². The molecule has 0 radical (unpaired) electrons. The van der Waals surface area contributed by atoms with Gasteiger partial charge in [-0.3, -0.25) is 19.8 Å². The molecule has 74 heavy (non-hydrogen) atoms. The molecule has 0 bridgehead atoms. The smallest absolute Gasteiger partial charge is 0.448 e. The van der Waals surface area contributed by atoms with Crippen LogP contribution in [0.15, 0.2) is 180 Å². The highest BCUT2D eigenvalue weighted by molar-refractivity contribution is 8.00. The molecule has 1 saturated heterocycles. The molecule has 0 aliphatic carbocycles. The van der Waals surface area contributed by atoms with Crippen molar-refractivity contribution in [3.63, 3.8) is 0 Å². The molecule has 8 rings (SSSR count). The number of thiazole rings is 1. The van der Waals surface area contributed by atoms with Gasteiger partial charge in [0, 0.05) is 22.4 Å². The minimum Gasteiger partial charge on any atom is -0.448 e. The van der Waals surface area contributed by atoms with E-state index in [1.54, 1.807) is 118 Å². The van der Waals surface area contributed by atoms with Crippen LogP contribution in [0.25, 0.3) is 0 Å². The maximum Gasteiger partial charge on any atom is 0.534 e. The van der Waals surface area contributed by atoms with Crippen molar-refractivity contribution >= 4 is 79.5 Å². The first-order valence-electron chi connectivity index (χ1n) is 22.3. The van der Waals surface area contributed by atoms with Crippen LogP contribution >= 0.6 is 34.7 Å². The number of ether oxygens (including phenoxy) is 2. The number of hydrogen-bond donors (Lipinski definition) is 2. The van der Waals surface area contributed by atoms with E-state index in [4.69, 9.17) is 25.9 Å². The number of β-lactam (4-membered cyclic amide) rings is 1. The molecule has 382 valence electrons. The van der Waals surface area contributed by atoms with Gasteiger partial charge in [0.25, 0.3) is 11.8 Å².